The molecule has 23 heavy (non-hydrogen) atoms. The first kappa shape index (κ1) is 14.8. The van der Waals surface area contributed by atoms with Crippen molar-refractivity contribution in [2.45, 2.75) is 50.7 Å². The summed E-state index contributed by atoms with van der Waals surface area (Å²) in [5.74, 6) is -0.00645. The summed E-state index contributed by atoms with van der Waals surface area (Å²) >= 11 is 0. The third-order valence-electron chi connectivity index (χ3n) is 5.78. The predicted octanol–water partition coefficient (Wildman–Crippen LogP) is 1.73. The number of aromatic nitrogens is 1. The van der Waals surface area contributed by atoms with E-state index in [0.717, 1.165) is 45.3 Å². The van der Waals surface area contributed by atoms with Gasteiger partial charge >= 0.3 is 6.03 Å². The summed E-state index contributed by atoms with van der Waals surface area (Å²) in [6.07, 6.45) is 5.76. The molecule has 4 rings (SSSR count). The van der Waals surface area contributed by atoms with Gasteiger partial charge in [0.25, 0.3) is 5.91 Å². The van der Waals surface area contributed by atoms with Gasteiger partial charge in [0.15, 0.2) is 0 Å². The minimum Gasteiger partial charge on any atom is -0.349 e. The number of carbonyl (C=O) groups excluding carboxylic acids is 2. The van der Waals surface area contributed by atoms with Crippen LogP contribution in [-0.4, -0.2) is 51.5 Å². The summed E-state index contributed by atoms with van der Waals surface area (Å²) in [7, 11) is 0. The normalized spacial score (nSPS) is 26.8. The summed E-state index contributed by atoms with van der Waals surface area (Å²) in [5.41, 5.74) is 0.722. The van der Waals surface area contributed by atoms with Crippen molar-refractivity contribution in [1.82, 2.24) is 19.7 Å². The zero-order valence-electron chi connectivity index (χ0n) is 13.6. The monoisotopic (exact) mass is 316 g/mol. The van der Waals surface area contributed by atoms with Crippen molar-refractivity contribution in [3.8, 4) is 0 Å². The SMILES string of the molecule is CC1c2cccn2CCN1CCN1C(=O)NC2(CCCC2)C1=O. The standard InChI is InChI=1S/C17H24N4O2/c1-13-14-5-4-8-20(14)10-9-19(13)11-12-21-15(22)17(18-16(21)23)6-2-3-7-17/h4-5,8,13H,2-3,6-7,9-12H2,1H3,(H,18,23). The van der Waals surface area contributed by atoms with Gasteiger partial charge in [-0.25, -0.2) is 4.79 Å². The van der Waals surface area contributed by atoms with Crippen LogP contribution in [0.4, 0.5) is 4.79 Å². The van der Waals surface area contributed by atoms with Crippen molar-refractivity contribution >= 4 is 11.9 Å². The van der Waals surface area contributed by atoms with Crippen molar-refractivity contribution in [1.29, 1.82) is 0 Å². The van der Waals surface area contributed by atoms with Crippen LogP contribution < -0.4 is 5.32 Å². The first-order valence-corrected chi connectivity index (χ1v) is 8.64. The third-order valence-corrected chi connectivity index (χ3v) is 5.78. The Labute approximate surface area is 136 Å². The highest BCUT2D eigenvalue weighted by molar-refractivity contribution is 6.07. The Morgan fingerprint density at radius 3 is 2.78 bits per heavy atom. The van der Waals surface area contributed by atoms with E-state index in [2.05, 4.69) is 40.0 Å². The van der Waals surface area contributed by atoms with Crippen molar-refractivity contribution in [3.05, 3.63) is 24.0 Å². The van der Waals surface area contributed by atoms with Gasteiger partial charge in [0.05, 0.1) is 0 Å². The predicted molar refractivity (Wildman–Crippen MR) is 85.9 cm³/mol. The molecule has 2 aliphatic heterocycles. The lowest BCUT2D eigenvalue weighted by Gasteiger charge is -2.35. The molecule has 6 heteroatoms. The van der Waals surface area contributed by atoms with Crippen LogP contribution in [0.2, 0.25) is 0 Å². The summed E-state index contributed by atoms with van der Waals surface area (Å²) in [6, 6.07) is 4.35. The van der Waals surface area contributed by atoms with Gasteiger partial charge in [-0.15, -0.1) is 0 Å². The molecule has 3 heterocycles. The van der Waals surface area contributed by atoms with Crippen molar-refractivity contribution in [2.75, 3.05) is 19.6 Å². The van der Waals surface area contributed by atoms with Crippen LogP contribution in [0.25, 0.3) is 0 Å². The van der Waals surface area contributed by atoms with Gasteiger partial charge in [-0.05, 0) is 31.9 Å². The highest BCUT2D eigenvalue weighted by Gasteiger charge is 2.52. The van der Waals surface area contributed by atoms with Crippen LogP contribution in [0.15, 0.2) is 18.3 Å². The Bertz CT molecular complexity index is 632. The molecular formula is C17H24N4O2. The van der Waals surface area contributed by atoms with Gasteiger partial charge in [0.1, 0.15) is 5.54 Å². The minimum absolute atomic E-state index is 0.00645. The molecule has 1 unspecified atom stereocenters. The van der Waals surface area contributed by atoms with Gasteiger partial charge in [-0.1, -0.05) is 12.8 Å². The zero-order valence-corrected chi connectivity index (χ0v) is 13.6. The molecule has 1 aromatic rings. The average molecular weight is 316 g/mol. The first-order valence-electron chi connectivity index (χ1n) is 8.64. The Morgan fingerprint density at radius 1 is 1.22 bits per heavy atom. The number of urea groups is 1. The Kier molecular flexibility index (Phi) is 3.44. The third kappa shape index (κ3) is 2.27. The van der Waals surface area contributed by atoms with Crippen LogP contribution in [0, 0.1) is 0 Å². The van der Waals surface area contributed by atoms with Gasteiger partial charge in [0.2, 0.25) is 0 Å². The van der Waals surface area contributed by atoms with Gasteiger partial charge < -0.3 is 9.88 Å². The molecule has 1 spiro atoms. The summed E-state index contributed by atoms with van der Waals surface area (Å²) in [6.45, 7) is 5.34. The summed E-state index contributed by atoms with van der Waals surface area (Å²) in [4.78, 5) is 28.7. The molecule has 0 aromatic carbocycles. The van der Waals surface area contributed by atoms with E-state index in [4.69, 9.17) is 0 Å². The van der Waals surface area contributed by atoms with Crippen LogP contribution in [0.1, 0.15) is 44.3 Å². The Balaban J connectivity index is 1.42. The van der Waals surface area contributed by atoms with Gasteiger partial charge in [-0.2, -0.15) is 0 Å². The maximum absolute atomic E-state index is 12.7. The first-order chi connectivity index (χ1) is 11.1. The Hall–Kier alpha value is -1.82. The van der Waals surface area contributed by atoms with E-state index >= 15 is 0 Å². The zero-order chi connectivity index (χ0) is 16.0. The number of nitrogens with zero attached hydrogens (tertiary/aromatic N) is 3. The molecule has 3 amide bonds. The molecule has 0 radical (unpaired) electrons. The molecule has 124 valence electrons. The number of rotatable bonds is 3. The number of imide groups is 1. The molecular weight excluding hydrogens is 292 g/mol. The second-order valence-corrected chi connectivity index (χ2v) is 7.01. The topological polar surface area (TPSA) is 57.6 Å². The van der Waals surface area contributed by atoms with E-state index in [-0.39, 0.29) is 11.9 Å². The number of hydrogen-bond donors (Lipinski definition) is 1. The minimum atomic E-state index is -0.584. The molecule has 1 aromatic heterocycles. The van der Waals surface area contributed by atoms with E-state index in [0.29, 0.717) is 12.6 Å². The fraction of sp³-hybridized carbons (Fsp3) is 0.647. The highest BCUT2D eigenvalue weighted by Crippen LogP contribution is 2.35. The molecule has 1 N–H and O–H groups in total. The fourth-order valence-corrected chi connectivity index (χ4v) is 4.36. The van der Waals surface area contributed by atoms with Crippen LogP contribution in [-0.2, 0) is 11.3 Å². The van der Waals surface area contributed by atoms with E-state index in [1.54, 1.807) is 0 Å². The average Bonchev–Trinajstić information content (AvgIpc) is 3.23. The number of hydrogen-bond acceptors (Lipinski definition) is 3. The van der Waals surface area contributed by atoms with E-state index in [9.17, 15) is 9.59 Å². The lowest BCUT2D eigenvalue weighted by atomic mass is 9.98. The van der Waals surface area contributed by atoms with Crippen molar-refractivity contribution in [3.63, 3.8) is 0 Å². The summed E-state index contributed by atoms with van der Waals surface area (Å²) < 4.78 is 2.28. The number of fused-ring (bicyclic) bond motifs is 1. The summed E-state index contributed by atoms with van der Waals surface area (Å²) in [5, 5.41) is 2.95. The number of nitrogens with one attached hydrogen (secondary N) is 1. The smallest absolute Gasteiger partial charge is 0.325 e. The second-order valence-electron chi connectivity index (χ2n) is 7.01. The van der Waals surface area contributed by atoms with Crippen LogP contribution in [0.5, 0.6) is 0 Å². The number of carbonyl (C=O) groups is 2. The van der Waals surface area contributed by atoms with E-state index in [1.807, 2.05) is 0 Å². The quantitative estimate of drug-likeness (QED) is 0.864. The second kappa shape index (κ2) is 5.37. The molecule has 1 aliphatic carbocycles. The molecule has 2 fully saturated rings. The van der Waals surface area contributed by atoms with Crippen LogP contribution >= 0.6 is 0 Å². The van der Waals surface area contributed by atoms with E-state index < -0.39 is 5.54 Å². The molecule has 6 nitrogen and oxygen atoms in total. The van der Waals surface area contributed by atoms with Gasteiger partial charge in [0, 0.05) is 44.1 Å². The fourth-order valence-electron chi connectivity index (χ4n) is 4.36. The molecule has 1 saturated heterocycles. The molecule has 0 bridgehead atoms. The lowest BCUT2D eigenvalue weighted by molar-refractivity contribution is -0.131. The lowest BCUT2D eigenvalue weighted by Crippen LogP contribution is -2.45. The molecule has 1 saturated carbocycles. The largest absolute Gasteiger partial charge is 0.349 e. The highest BCUT2D eigenvalue weighted by atomic mass is 16.2. The van der Waals surface area contributed by atoms with Gasteiger partial charge in [-0.3, -0.25) is 14.6 Å². The molecule has 1 atom stereocenters. The maximum atomic E-state index is 12.7. The van der Waals surface area contributed by atoms with Crippen molar-refractivity contribution in [2.24, 2.45) is 0 Å². The molecule has 3 aliphatic rings. The van der Waals surface area contributed by atoms with E-state index in [1.165, 1.54) is 10.6 Å². The van der Waals surface area contributed by atoms with Crippen molar-refractivity contribution < 1.29 is 9.59 Å². The Morgan fingerprint density at radius 2 is 2.00 bits per heavy atom. The maximum Gasteiger partial charge on any atom is 0.325 e. The van der Waals surface area contributed by atoms with Crippen LogP contribution in [0.3, 0.4) is 0 Å². The number of amides is 3.